The van der Waals surface area contributed by atoms with E-state index in [2.05, 4.69) is 58.6 Å². The second-order valence-corrected chi connectivity index (χ2v) is 7.97. The number of carbonyl (C=O) groups excluding carboxylic acids is 1. The molecule has 3 heterocycles. The molecule has 0 atom stereocenters. The van der Waals surface area contributed by atoms with Crippen molar-refractivity contribution in [3.63, 3.8) is 0 Å². The molecule has 0 radical (unpaired) electrons. The van der Waals surface area contributed by atoms with Crippen molar-refractivity contribution < 1.29 is 4.79 Å². The maximum absolute atomic E-state index is 12.7. The molecule has 0 bridgehead atoms. The first-order chi connectivity index (χ1) is 14.2. The highest BCUT2D eigenvalue weighted by Gasteiger charge is 2.15. The fourth-order valence-electron chi connectivity index (χ4n) is 3.55. The summed E-state index contributed by atoms with van der Waals surface area (Å²) in [5.74, 6) is -0.0797. The molecule has 6 heteroatoms. The van der Waals surface area contributed by atoms with Gasteiger partial charge >= 0.3 is 0 Å². The van der Waals surface area contributed by atoms with Crippen LogP contribution in [0.25, 0.3) is 27.1 Å². The highest BCUT2D eigenvalue weighted by molar-refractivity contribution is 7.15. The van der Waals surface area contributed by atoms with Crippen molar-refractivity contribution in [1.82, 2.24) is 19.7 Å². The number of rotatable bonds is 5. The minimum Gasteiger partial charge on any atom is -0.361 e. The molecule has 0 aliphatic rings. The van der Waals surface area contributed by atoms with Crippen molar-refractivity contribution in [2.45, 2.75) is 13.3 Å². The number of aromatic nitrogens is 3. The molecule has 29 heavy (non-hydrogen) atoms. The van der Waals surface area contributed by atoms with Crippen LogP contribution in [0.15, 0.2) is 66.3 Å². The van der Waals surface area contributed by atoms with Gasteiger partial charge in [-0.25, -0.2) is 4.98 Å². The molecule has 2 N–H and O–H groups in total. The molecule has 5 nitrogen and oxygen atoms in total. The lowest BCUT2D eigenvalue weighted by Crippen LogP contribution is -2.26. The monoisotopic (exact) mass is 400 g/mol. The summed E-state index contributed by atoms with van der Waals surface area (Å²) >= 11 is 1.48. The third kappa shape index (κ3) is 3.32. The molecule has 0 spiro atoms. The summed E-state index contributed by atoms with van der Waals surface area (Å²) in [5, 5.41) is 6.11. The van der Waals surface area contributed by atoms with E-state index in [4.69, 9.17) is 0 Å². The Labute approximate surface area is 172 Å². The second kappa shape index (κ2) is 7.22. The molecule has 0 aliphatic heterocycles. The summed E-state index contributed by atoms with van der Waals surface area (Å²) < 4.78 is 1.88. The van der Waals surface area contributed by atoms with Crippen LogP contribution in [0.3, 0.4) is 0 Å². The summed E-state index contributed by atoms with van der Waals surface area (Å²) in [5.41, 5.74) is 6.10. The van der Waals surface area contributed by atoms with Gasteiger partial charge in [-0.15, -0.1) is 11.3 Å². The van der Waals surface area contributed by atoms with Crippen LogP contribution in [-0.4, -0.2) is 26.8 Å². The van der Waals surface area contributed by atoms with Crippen molar-refractivity contribution in [2.75, 3.05) is 6.54 Å². The van der Waals surface area contributed by atoms with Gasteiger partial charge in [-0.3, -0.25) is 9.20 Å². The highest BCUT2D eigenvalue weighted by Crippen LogP contribution is 2.24. The van der Waals surface area contributed by atoms with Crippen LogP contribution in [0.1, 0.15) is 21.6 Å². The molecule has 5 rings (SSSR count). The fourth-order valence-corrected chi connectivity index (χ4v) is 4.40. The predicted molar refractivity (Wildman–Crippen MR) is 118 cm³/mol. The third-order valence-electron chi connectivity index (χ3n) is 5.14. The van der Waals surface area contributed by atoms with E-state index in [0.29, 0.717) is 12.2 Å². The summed E-state index contributed by atoms with van der Waals surface area (Å²) in [6, 6.07) is 16.5. The van der Waals surface area contributed by atoms with E-state index in [1.54, 1.807) is 0 Å². The number of imidazole rings is 1. The first-order valence-corrected chi connectivity index (χ1v) is 10.4. The SMILES string of the molecule is Cc1ccc(-c2cn3c(C(=O)NCCc4c[nH]c5ccccc45)csc3n2)cc1. The van der Waals surface area contributed by atoms with Gasteiger partial charge in [0.15, 0.2) is 4.96 Å². The zero-order valence-electron chi connectivity index (χ0n) is 16.0. The number of aromatic amines is 1. The minimum atomic E-state index is -0.0797. The van der Waals surface area contributed by atoms with Gasteiger partial charge < -0.3 is 10.3 Å². The Balaban J connectivity index is 1.31. The van der Waals surface area contributed by atoms with Crippen molar-refractivity contribution in [1.29, 1.82) is 0 Å². The molecular formula is C23H20N4OS. The molecule has 144 valence electrons. The van der Waals surface area contributed by atoms with Crippen molar-refractivity contribution >= 4 is 33.1 Å². The zero-order chi connectivity index (χ0) is 19.8. The van der Waals surface area contributed by atoms with Gasteiger partial charge in [0.1, 0.15) is 5.69 Å². The lowest BCUT2D eigenvalue weighted by atomic mass is 10.1. The van der Waals surface area contributed by atoms with Crippen LogP contribution in [0, 0.1) is 6.92 Å². The van der Waals surface area contributed by atoms with Crippen LogP contribution in [0.4, 0.5) is 0 Å². The molecular weight excluding hydrogens is 380 g/mol. The van der Waals surface area contributed by atoms with E-state index < -0.39 is 0 Å². The van der Waals surface area contributed by atoms with Crippen molar-refractivity contribution in [2.24, 2.45) is 0 Å². The Morgan fingerprint density at radius 3 is 2.86 bits per heavy atom. The van der Waals surface area contributed by atoms with Gasteiger partial charge in [0.05, 0.1) is 5.69 Å². The quantitative estimate of drug-likeness (QED) is 0.444. The highest BCUT2D eigenvalue weighted by atomic mass is 32.1. The van der Waals surface area contributed by atoms with E-state index in [0.717, 1.165) is 28.2 Å². The van der Waals surface area contributed by atoms with Gasteiger partial charge in [-0.1, -0.05) is 48.0 Å². The van der Waals surface area contributed by atoms with Gasteiger partial charge in [-0.05, 0) is 25.0 Å². The number of amides is 1. The second-order valence-electron chi connectivity index (χ2n) is 7.13. The first-order valence-electron chi connectivity index (χ1n) is 9.56. The Kier molecular flexibility index (Phi) is 4.41. The van der Waals surface area contributed by atoms with Crippen molar-refractivity contribution in [3.05, 3.63) is 83.1 Å². The average molecular weight is 401 g/mol. The molecule has 5 aromatic rings. The Morgan fingerprint density at radius 1 is 1.17 bits per heavy atom. The standard InChI is InChI=1S/C23H20N4OS/c1-15-6-8-16(9-7-15)20-13-27-21(14-29-23(27)26-20)22(28)24-11-10-17-12-25-19-5-3-2-4-18(17)19/h2-9,12-14,25H,10-11H2,1H3,(H,24,28). The maximum Gasteiger partial charge on any atom is 0.269 e. The molecule has 3 aromatic heterocycles. The third-order valence-corrected chi connectivity index (χ3v) is 5.98. The van der Waals surface area contributed by atoms with Crippen LogP contribution >= 0.6 is 11.3 Å². The maximum atomic E-state index is 12.7. The van der Waals surface area contributed by atoms with E-state index in [1.807, 2.05) is 34.3 Å². The van der Waals surface area contributed by atoms with E-state index in [9.17, 15) is 4.79 Å². The predicted octanol–water partition coefficient (Wildman–Crippen LogP) is 4.83. The molecule has 0 aliphatic carbocycles. The van der Waals surface area contributed by atoms with Gasteiger partial charge in [0.25, 0.3) is 5.91 Å². The summed E-state index contributed by atoms with van der Waals surface area (Å²) in [7, 11) is 0. The van der Waals surface area contributed by atoms with Gasteiger partial charge in [0, 0.05) is 40.8 Å². The van der Waals surface area contributed by atoms with Crippen LogP contribution in [0.2, 0.25) is 0 Å². The Morgan fingerprint density at radius 2 is 2.00 bits per heavy atom. The van der Waals surface area contributed by atoms with Crippen molar-refractivity contribution in [3.8, 4) is 11.3 Å². The number of aryl methyl sites for hydroxylation is 1. The molecule has 0 saturated carbocycles. The van der Waals surface area contributed by atoms with E-state index in [1.165, 1.54) is 27.8 Å². The lowest BCUT2D eigenvalue weighted by molar-refractivity contribution is 0.0948. The Hall–Kier alpha value is -3.38. The zero-order valence-corrected chi connectivity index (χ0v) is 16.8. The number of nitrogens with one attached hydrogen (secondary N) is 2. The van der Waals surface area contributed by atoms with Crippen LogP contribution in [-0.2, 0) is 6.42 Å². The van der Waals surface area contributed by atoms with E-state index in [-0.39, 0.29) is 5.91 Å². The number of fused-ring (bicyclic) bond motifs is 2. The number of carbonyl (C=O) groups is 1. The topological polar surface area (TPSA) is 62.2 Å². The van der Waals surface area contributed by atoms with Crippen LogP contribution in [0.5, 0.6) is 0 Å². The Bertz CT molecular complexity index is 1310. The summed E-state index contributed by atoms with van der Waals surface area (Å²) in [6.07, 6.45) is 4.73. The molecule has 0 saturated heterocycles. The van der Waals surface area contributed by atoms with Crippen LogP contribution < -0.4 is 5.32 Å². The van der Waals surface area contributed by atoms with Gasteiger partial charge in [0.2, 0.25) is 0 Å². The molecule has 2 aromatic carbocycles. The summed E-state index contributed by atoms with van der Waals surface area (Å²) in [6.45, 7) is 2.64. The molecule has 0 unspecified atom stereocenters. The minimum absolute atomic E-state index is 0.0797. The normalized spacial score (nSPS) is 11.3. The fraction of sp³-hybridized carbons (Fsp3) is 0.130. The summed E-state index contributed by atoms with van der Waals surface area (Å²) in [4.78, 5) is 21.5. The lowest BCUT2D eigenvalue weighted by Gasteiger charge is -2.04. The largest absolute Gasteiger partial charge is 0.361 e. The van der Waals surface area contributed by atoms with E-state index >= 15 is 0 Å². The number of thiazole rings is 1. The smallest absolute Gasteiger partial charge is 0.269 e. The van der Waals surface area contributed by atoms with Gasteiger partial charge in [-0.2, -0.15) is 0 Å². The number of hydrogen-bond donors (Lipinski definition) is 2. The number of hydrogen-bond acceptors (Lipinski definition) is 3. The number of para-hydroxylation sites is 1. The first kappa shape index (κ1) is 17.7. The number of benzene rings is 2. The number of nitrogens with zero attached hydrogens (tertiary/aromatic N) is 2. The molecule has 1 amide bonds. The number of H-pyrrole nitrogens is 1. The average Bonchev–Trinajstić information content (AvgIpc) is 3.43. The molecule has 0 fully saturated rings.